The number of amidine groups is 1. The van der Waals surface area contributed by atoms with Gasteiger partial charge in [-0.1, -0.05) is 42.1 Å². The molecule has 2 saturated heterocycles. The summed E-state index contributed by atoms with van der Waals surface area (Å²) in [6, 6.07) is 9.23. The number of halogens is 3. The Bertz CT molecular complexity index is 1030. The Morgan fingerprint density at radius 3 is 2.32 bits per heavy atom. The highest BCUT2D eigenvalue weighted by Crippen LogP contribution is 2.53. The molecule has 1 aromatic carbocycles. The number of alkyl halides is 3. The summed E-state index contributed by atoms with van der Waals surface area (Å²) in [6.07, 6.45) is -2.92. The molecule has 0 spiro atoms. The van der Waals surface area contributed by atoms with E-state index in [0.29, 0.717) is 11.7 Å². The average molecular weight is 501 g/mol. The number of fused-ring (bicyclic) bond motifs is 3. The van der Waals surface area contributed by atoms with Crippen molar-refractivity contribution in [1.29, 1.82) is 0 Å². The first-order chi connectivity index (χ1) is 15.9. The summed E-state index contributed by atoms with van der Waals surface area (Å²) in [5.41, 5.74) is -0.370. The van der Waals surface area contributed by atoms with Gasteiger partial charge in [0.05, 0.1) is 31.5 Å². The molecule has 2 amide bonds. The first kappa shape index (κ1) is 25.5. The van der Waals surface area contributed by atoms with Crippen molar-refractivity contribution in [1.82, 2.24) is 9.80 Å². The van der Waals surface area contributed by atoms with Crippen LogP contribution in [-0.4, -0.2) is 88.5 Å². The number of aliphatic carboxylic acids is 1. The zero-order chi connectivity index (χ0) is 25.4. The standard InChI is InChI=1S/C19H21N3O4S.C2HF3O2/c1-21-15(23)13-12-10-20-18(27-3)22(12)19(17(25)26-2,14(13)16(21)24)9-11-7-5-4-6-8-11;3-2(4,5)1(6)7/h4-8,12-14H,9-10H2,1-3H3;(H,6,7)/t12-,13+,14-,19-;/m1./s1. The zero-order valence-corrected chi connectivity index (χ0v) is 19.2. The molecule has 0 unspecified atom stereocenters. The van der Waals surface area contributed by atoms with Gasteiger partial charge in [-0.3, -0.25) is 19.5 Å². The molecule has 0 aromatic heterocycles. The van der Waals surface area contributed by atoms with Gasteiger partial charge in [-0.2, -0.15) is 13.2 Å². The van der Waals surface area contributed by atoms with E-state index in [0.717, 1.165) is 10.5 Å². The summed E-state index contributed by atoms with van der Waals surface area (Å²) in [7, 11) is 2.82. The Morgan fingerprint density at radius 2 is 1.82 bits per heavy atom. The predicted molar refractivity (Wildman–Crippen MR) is 115 cm³/mol. The largest absolute Gasteiger partial charge is 0.490 e. The maximum atomic E-state index is 13.2. The number of carbonyl (C=O) groups is 4. The third-order valence-electron chi connectivity index (χ3n) is 6.16. The van der Waals surface area contributed by atoms with Gasteiger partial charge in [-0.15, -0.1) is 0 Å². The minimum Gasteiger partial charge on any atom is -0.475 e. The van der Waals surface area contributed by atoms with Crippen molar-refractivity contribution < 1.29 is 42.2 Å². The molecule has 184 valence electrons. The number of carbonyl (C=O) groups excluding carboxylic acids is 3. The highest BCUT2D eigenvalue weighted by molar-refractivity contribution is 8.13. The van der Waals surface area contributed by atoms with Crippen molar-refractivity contribution in [3.8, 4) is 0 Å². The minimum absolute atomic E-state index is 0.239. The maximum absolute atomic E-state index is 13.2. The number of likely N-dealkylation sites (tertiary alicyclic amines) is 1. The third-order valence-corrected chi connectivity index (χ3v) is 6.85. The number of hydrogen-bond donors (Lipinski definition) is 1. The predicted octanol–water partition coefficient (Wildman–Crippen LogP) is 1.42. The molecule has 1 N–H and O–H groups in total. The molecule has 0 bridgehead atoms. The molecule has 3 aliphatic heterocycles. The second-order valence-electron chi connectivity index (χ2n) is 7.88. The van der Waals surface area contributed by atoms with E-state index in [-0.39, 0.29) is 24.3 Å². The van der Waals surface area contributed by atoms with Gasteiger partial charge in [-0.25, -0.2) is 9.59 Å². The van der Waals surface area contributed by atoms with Crippen LogP contribution in [0.2, 0.25) is 0 Å². The number of esters is 1. The summed E-state index contributed by atoms with van der Waals surface area (Å²) in [5.74, 6) is -5.17. The lowest BCUT2D eigenvalue weighted by atomic mass is 9.76. The van der Waals surface area contributed by atoms with E-state index in [2.05, 4.69) is 4.99 Å². The summed E-state index contributed by atoms with van der Waals surface area (Å²) in [6.45, 7) is 0.401. The Hall–Kier alpha value is -3.09. The molecule has 4 rings (SSSR count). The maximum Gasteiger partial charge on any atom is 0.490 e. The monoisotopic (exact) mass is 501 g/mol. The molecule has 13 heteroatoms. The fourth-order valence-corrected chi connectivity index (χ4v) is 5.52. The molecule has 0 radical (unpaired) electrons. The van der Waals surface area contributed by atoms with E-state index in [1.165, 1.54) is 25.9 Å². The summed E-state index contributed by atoms with van der Waals surface area (Å²) in [5, 5.41) is 7.80. The number of aliphatic imine (C=N–C) groups is 1. The SMILES string of the molecule is COC(=O)[C@@]1(Cc2ccccc2)[C@H]2C(=O)N(C)C(=O)[C@H]2[C@H]2CN=C(SC)N21.O=C(O)C(F)(F)F. The summed E-state index contributed by atoms with van der Waals surface area (Å²) < 4.78 is 36.9. The van der Waals surface area contributed by atoms with Crippen LogP contribution in [0.4, 0.5) is 13.2 Å². The molecule has 3 heterocycles. The third kappa shape index (κ3) is 4.01. The van der Waals surface area contributed by atoms with E-state index < -0.39 is 35.5 Å². The van der Waals surface area contributed by atoms with Crippen molar-refractivity contribution in [3.05, 3.63) is 35.9 Å². The second-order valence-corrected chi connectivity index (χ2v) is 8.66. The van der Waals surface area contributed by atoms with Gasteiger partial charge in [-0.05, 0) is 11.8 Å². The Kier molecular flexibility index (Phi) is 6.97. The van der Waals surface area contributed by atoms with Gasteiger partial charge in [0.15, 0.2) is 10.7 Å². The number of ether oxygens (including phenoxy) is 1. The van der Waals surface area contributed by atoms with Gasteiger partial charge in [0.2, 0.25) is 11.8 Å². The van der Waals surface area contributed by atoms with Crippen molar-refractivity contribution >= 4 is 40.7 Å². The number of carboxylic acid groups (broad SMARTS) is 1. The molecule has 0 aliphatic carbocycles. The number of imide groups is 1. The molecule has 1 aromatic rings. The first-order valence-corrected chi connectivity index (χ1v) is 11.3. The van der Waals surface area contributed by atoms with Crippen LogP contribution in [0.5, 0.6) is 0 Å². The van der Waals surface area contributed by atoms with Crippen molar-refractivity contribution in [2.75, 3.05) is 27.0 Å². The van der Waals surface area contributed by atoms with Crippen molar-refractivity contribution in [2.45, 2.75) is 24.2 Å². The smallest absolute Gasteiger partial charge is 0.475 e. The highest BCUT2D eigenvalue weighted by Gasteiger charge is 2.73. The molecule has 3 aliphatic rings. The van der Waals surface area contributed by atoms with Crippen LogP contribution < -0.4 is 0 Å². The molecule has 4 atom stereocenters. The number of hydrogen-bond acceptors (Lipinski definition) is 8. The normalized spacial score (nSPS) is 27.6. The van der Waals surface area contributed by atoms with Crippen molar-refractivity contribution in [2.24, 2.45) is 16.8 Å². The lowest BCUT2D eigenvalue weighted by molar-refractivity contribution is -0.192. The van der Waals surface area contributed by atoms with Gasteiger partial charge in [0.25, 0.3) is 0 Å². The number of methoxy groups -OCH3 is 1. The molecular formula is C21H22F3N3O6S. The molecule has 0 saturated carbocycles. The first-order valence-electron chi connectivity index (χ1n) is 10.0. The van der Waals surface area contributed by atoms with Crippen molar-refractivity contribution in [3.63, 3.8) is 0 Å². The molecular weight excluding hydrogens is 479 g/mol. The number of thioether (sulfide) groups is 1. The average Bonchev–Trinajstić information content (AvgIpc) is 3.41. The molecule has 2 fully saturated rings. The van der Waals surface area contributed by atoms with E-state index in [1.807, 2.05) is 41.5 Å². The fraction of sp³-hybridized carbons (Fsp3) is 0.476. The van der Waals surface area contributed by atoms with E-state index >= 15 is 0 Å². The number of amides is 2. The Labute approximate surface area is 196 Å². The van der Waals surface area contributed by atoms with Crippen LogP contribution in [0.25, 0.3) is 0 Å². The molecule has 34 heavy (non-hydrogen) atoms. The van der Waals surface area contributed by atoms with E-state index in [9.17, 15) is 27.6 Å². The summed E-state index contributed by atoms with van der Waals surface area (Å²) in [4.78, 5) is 55.7. The summed E-state index contributed by atoms with van der Waals surface area (Å²) >= 11 is 1.42. The second kappa shape index (κ2) is 9.28. The Balaban J connectivity index is 0.000000406. The highest BCUT2D eigenvalue weighted by atomic mass is 32.2. The van der Waals surface area contributed by atoms with Gasteiger partial charge < -0.3 is 14.7 Å². The minimum atomic E-state index is -5.08. The number of carboxylic acids is 1. The fourth-order valence-electron chi connectivity index (χ4n) is 4.83. The number of rotatable bonds is 3. The number of benzene rings is 1. The van der Waals surface area contributed by atoms with Gasteiger partial charge in [0.1, 0.15) is 0 Å². The molecule has 9 nitrogen and oxygen atoms in total. The lowest BCUT2D eigenvalue weighted by Crippen LogP contribution is -2.60. The Morgan fingerprint density at radius 1 is 1.24 bits per heavy atom. The van der Waals surface area contributed by atoms with Gasteiger partial charge >= 0.3 is 18.1 Å². The quantitative estimate of drug-likeness (QED) is 0.489. The van der Waals surface area contributed by atoms with Crippen LogP contribution in [-0.2, 0) is 30.3 Å². The topological polar surface area (TPSA) is 117 Å². The van der Waals surface area contributed by atoms with Crippen LogP contribution in [0, 0.1) is 11.8 Å². The van der Waals surface area contributed by atoms with Crippen LogP contribution >= 0.6 is 11.8 Å². The lowest BCUT2D eigenvalue weighted by Gasteiger charge is -2.40. The van der Waals surface area contributed by atoms with Crippen LogP contribution in [0.1, 0.15) is 5.56 Å². The van der Waals surface area contributed by atoms with Gasteiger partial charge in [0, 0.05) is 13.5 Å². The van der Waals surface area contributed by atoms with Crippen LogP contribution in [0.15, 0.2) is 35.3 Å². The van der Waals surface area contributed by atoms with Crippen LogP contribution in [0.3, 0.4) is 0 Å². The number of nitrogens with zero attached hydrogens (tertiary/aromatic N) is 3. The van der Waals surface area contributed by atoms with E-state index in [4.69, 9.17) is 14.6 Å². The van der Waals surface area contributed by atoms with E-state index in [1.54, 1.807) is 0 Å². The zero-order valence-electron chi connectivity index (χ0n) is 18.4.